The van der Waals surface area contributed by atoms with E-state index in [-0.39, 0.29) is 17.0 Å². The third kappa shape index (κ3) is 2.94. The van der Waals surface area contributed by atoms with E-state index in [2.05, 4.69) is 21.5 Å². The summed E-state index contributed by atoms with van der Waals surface area (Å²) in [6.07, 6.45) is 7.20. The third-order valence-corrected chi connectivity index (χ3v) is 7.82. The fourth-order valence-corrected chi connectivity index (χ4v) is 6.60. The number of sulfone groups is 1. The molecule has 3 aliphatic rings. The minimum Gasteiger partial charge on any atom is -0.316 e. The van der Waals surface area contributed by atoms with E-state index in [9.17, 15) is 8.42 Å². The summed E-state index contributed by atoms with van der Waals surface area (Å²) in [7, 11) is -2.91. The van der Waals surface area contributed by atoms with Gasteiger partial charge in [-0.2, -0.15) is 5.10 Å². The van der Waals surface area contributed by atoms with Gasteiger partial charge in [0.2, 0.25) is 0 Å². The van der Waals surface area contributed by atoms with Gasteiger partial charge >= 0.3 is 0 Å². The van der Waals surface area contributed by atoms with E-state index >= 15 is 0 Å². The maximum absolute atomic E-state index is 11.8. The number of hydrogen-bond acceptors (Lipinski definition) is 5. The number of likely N-dealkylation sites (tertiary alicyclic amines) is 1. The molecule has 0 radical (unpaired) electrons. The zero-order chi connectivity index (χ0) is 16.1. The highest BCUT2D eigenvalue weighted by atomic mass is 32.2. The first-order valence-corrected chi connectivity index (χ1v) is 10.4. The molecule has 3 fully saturated rings. The van der Waals surface area contributed by atoms with Crippen molar-refractivity contribution in [2.45, 2.75) is 38.3 Å². The molecule has 3 aliphatic heterocycles. The molecular formula is C16H26N4O2S. The lowest BCUT2D eigenvalue weighted by Gasteiger charge is -2.23. The Morgan fingerprint density at radius 2 is 2.22 bits per heavy atom. The van der Waals surface area contributed by atoms with E-state index in [0.29, 0.717) is 11.8 Å². The van der Waals surface area contributed by atoms with Crippen LogP contribution >= 0.6 is 0 Å². The first-order valence-electron chi connectivity index (χ1n) is 8.56. The first kappa shape index (κ1) is 15.6. The molecule has 1 aromatic heterocycles. The van der Waals surface area contributed by atoms with Crippen molar-refractivity contribution in [1.29, 1.82) is 0 Å². The lowest BCUT2D eigenvalue weighted by Crippen LogP contribution is -2.32. The smallest absolute Gasteiger partial charge is 0.152 e. The van der Waals surface area contributed by atoms with E-state index in [1.54, 1.807) is 0 Å². The summed E-state index contributed by atoms with van der Waals surface area (Å²) in [5.41, 5.74) is 1.30. The van der Waals surface area contributed by atoms with Gasteiger partial charge in [-0.3, -0.25) is 9.58 Å². The highest BCUT2D eigenvalue weighted by Gasteiger charge is 2.42. The highest BCUT2D eigenvalue weighted by molar-refractivity contribution is 7.91. The Morgan fingerprint density at radius 3 is 2.91 bits per heavy atom. The lowest BCUT2D eigenvalue weighted by atomic mass is 9.87. The molecule has 23 heavy (non-hydrogen) atoms. The molecule has 1 spiro atoms. The molecule has 3 saturated heterocycles. The van der Waals surface area contributed by atoms with Crippen molar-refractivity contribution in [2.75, 3.05) is 37.7 Å². The molecule has 0 amide bonds. The Morgan fingerprint density at radius 1 is 1.35 bits per heavy atom. The van der Waals surface area contributed by atoms with Crippen LogP contribution in [0.4, 0.5) is 0 Å². The van der Waals surface area contributed by atoms with Crippen molar-refractivity contribution < 1.29 is 8.42 Å². The molecule has 0 bridgehead atoms. The van der Waals surface area contributed by atoms with Gasteiger partial charge in [-0.05, 0) is 44.7 Å². The molecule has 1 aromatic rings. The van der Waals surface area contributed by atoms with Crippen LogP contribution in [-0.4, -0.2) is 60.8 Å². The van der Waals surface area contributed by atoms with Crippen molar-refractivity contribution in [3.63, 3.8) is 0 Å². The molecule has 4 rings (SSSR count). The predicted molar refractivity (Wildman–Crippen MR) is 89.0 cm³/mol. The standard InChI is InChI=1S/C16H26N4O2S/c1-15(4-7-23(21,22)13-15)20-10-14(8-18-20)9-19-6-3-16(12-19)2-5-17-11-16/h8,10,17H,2-7,9,11-13H2,1H3. The number of nitrogens with one attached hydrogen (secondary N) is 1. The van der Waals surface area contributed by atoms with E-state index in [4.69, 9.17) is 0 Å². The summed E-state index contributed by atoms with van der Waals surface area (Å²) in [5, 5.41) is 7.97. The summed E-state index contributed by atoms with van der Waals surface area (Å²) in [5.74, 6) is 0.486. The van der Waals surface area contributed by atoms with Crippen LogP contribution in [0.5, 0.6) is 0 Å². The summed E-state index contributed by atoms with van der Waals surface area (Å²) < 4.78 is 25.5. The second kappa shape index (κ2) is 5.29. The van der Waals surface area contributed by atoms with Gasteiger partial charge in [0.15, 0.2) is 9.84 Å². The fourth-order valence-electron chi connectivity index (χ4n) is 4.48. The van der Waals surface area contributed by atoms with Gasteiger partial charge in [-0.15, -0.1) is 0 Å². The van der Waals surface area contributed by atoms with Crippen LogP contribution in [0.25, 0.3) is 0 Å². The van der Waals surface area contributed by atoms with Crippen LogP contribution in [0.3, 0.4) is 0 Å². The van der Waals surface area contributed by atoms with Crippen molar-refractivity contribution in [3.05, 3.63) is 18.0 Å². The molecule has 0 saturated carbocycles. The summed E-state index contributed by atoms with van der Waals surface area (Å²) >= 11 is 0. The average molecular weight is 338 g/mol. The van der Waals surface area contributed by atoms with Crippen molar-refractivity contribution in [3.8, 4) is 0 Å². The summed E-state index contributed by atoms with van der Waals surface area (Å²) in [4.78, 5) is 2.52. The van der Waals surface area contributed by atoms with Gasteiger partial charge in [0.25, 0.3) is 0 Å². The van der Waals surface area contributed by atoms with E-state index in [1.807, 2.05) is 17.8 Å². The van der Waals surface area contributed by atoms with Crippen LogP contribution in [-0.2, 0) is 21.9 Å². The van der Waals surface area contributed by atoms with Crippen LogP contribution < -0.4 is 5.32 Å². The molecule has 2 unspecified atom stereocenters. The van der Waals surface area contributed by atoms with Crippen LogP contribution in [0, 0.1) is 5.41 Å². The minimum absolute atomic E-state index is 0.208. The number of rotatable bonds is 3. The topological polar surface area (TPSA) is 67.2 Å². The summed E-state index contributed by atoms with van der Waals surface area (Å²) in [6.45, 7) is 7.54. The van der Waals surface area contributed by atoms with Crippen molar-refractivity contribution >= 4 is 9.84 Å². The zero-order valence-electron chi connectivity index (χ0n) is 13.8. The molecular weight excluding hydrogens is 312 g/mol. The summed E-state index contributed by atoms with van der Waals surface area (Å²) in [6, 6.07) is 0. The molecule has 4 heterocycles. The van der Waals surface area contributed by atoms with Crippen LogP contribution in [0.2, 0.25) is 0 Å². The second-order valence-corrected chi connectivity index (χ2v) is 10.2. The van der Waals surface area contributed by atoms with Crippen LogP contribution in [0.1, 0.15) is 31.7 Å². The highest BCUT2D eigenvalue weighted by Crippen LogP contribution is 2.36. The predicted octanol–water partition coefficient (Wildman–Crippen LogP) is 0.602. The first-order chi connectivity index (χ1) is 10.9. The maximum atomic E-state index is 11.8. The molecule has 1 N–H and O–H groups in total. The number of nitrogens with zero attached hydrogens (tertiary/aromatic N) is 3. The fraction of sp³-hybridized carbons (Fsp3) is 0.812. The Kier molecular flexibility index (Phi) is 3.59. The lowest BCUT2D eigenvalue weighted by molar-refractivity contribution is 0.268. The van der Waals surface area contributed by atoms with Crippen molar-refractivity contribution in [2.24, 2.45) is 5.41 Å². The van der Waals surface area contributed by atoms with Gasteiger partial charge in [0.05, 0.1) is 23.2 Å². The molecule has 0 aromatic carbocycles. The average Bonchev–Trinajstić information content (AvgIpc) is 3.23. The number of hydrogen-bond donors (Lipinski definition) is 1. The SMILES string of the molecule is CC1(n2cc(CN3CCC4(CCNC4)C3)cn2)CCS(=O)(=O)C1. The Balaban J connectivity index is 1.43. The Bertz CT molecular complexity index is 693. The molecule has 2 atom stereocenters. The molecule has 6 nitrogen and oxygen atoms in total. The van der Waals surface area contributed by atoms with E-state index in [0.717, 1.165) is 32.7 Å². The molecule has 0 aliphatic carbocycles. The Hall–Kier alpha value is -0.920. The van der Waals surface area contributed by atoms with Crippen LogP contribution in [0.15, 0.2) is 12.4 Å². The number of aromatic nitrogens is 2. The third-order valence-electron chi connectivity index (χ3n) is 5.93. The maximum Gasteiger partial charge on any atom is 0.152 e. The quantitative estimate of drug-likeness (QED) is 0.874. The van der Waals surface area contributed by atoms with E-state index < -0.39 is 9.84 Å². The monoisotopic (exact) mass is 338 g/mol. The van der Waals surface area contributed by atoms with Gasteiger partial charge in [-0.25, -0.2) is 8.42 Å². The largest absolute Gasteiger partial charge is 0.316 e. The van der Waals surface area contributed by atoms with Gasteiger partial charge in [-0.1, -0.05) is 0 Å². The molecule has 128 valence electrons. The van der Waals surface area contributed by atoms with Gasteiger partial charge in [0.1, 0.15) is 0 Å². The zero-order valence-corrected chi connectivity index (χ0v) is 14.6. The normalized spacial score (nSPS) is 37.1. The van der Waals surface area contributed by atoms with Gasteiger partial charge in [0, 0.05) is 31.4 Å². The Labute approximate surface area is 138 Å². The second-order valence-electron chi connectivity index (χ2n) is 8.02. The minimum atomic E-state index is -2.91. The van der Waals surface area contributed by atoms with Gasteiger partial charge < -0.3 is 5.32 Å². The molecule has 7 heteroatoms. The van der Waals surface area contributed by atoms with E-state index in [1.165, 1.54) is 18.4 Å². The van der Waals surface area contributed by atoms with Crippen molar-refractivity contribution in [1.82, 2.24) is 20.0 Å².